The molecule has 11 heteroatoms. The number of likely N-dealkylation sites (tertiary alicyclic amines) is 1. The number of cyclic esters (lactones) is 1. The van der Waals surface area contributed by atoms with Gasteiger partial charge in [-0.2, -0.15) is 0 Å². The maximum absolute atomic E-state index is 14.7. The Morgan fingerprint density at radius 1 is 1.02 bits per heavy atom. The monoisotopic (exact) mass is 647 g/mol. The number of carbonyl (C=O) groups is 4. The highest BCUT2D eigenvalue weighted by atomic mass is 35.5. The fourth-order valence-electron chi connectivity index (χ4n) is 7.21. The van der Waals surface area contributed by atoms with Crippen LogP contribution in [-0.2, 0) is 28.7 Å². The number of hydrogen-bond acceptors (Lipinski definition) is 7. The Kier molecular flexibility index (Phi) is 9.05. The lowest BCUT2D eigenvalue weighted by Gasteiger charge is -2.40. The zero-order valence-corrected chi connectivity index (χ0v) is 26.5. The van der Waals surface area contributed by atoms with E-state index in [4.69, 9.17) is 21.1 Å². The summed E-state index contributed by atoms with van der Waals surface area (Å²) in [6.45, 7) is 3.56. The van der Waals surface area contributed by atoms with Crippen LogP contribution in [0.3, 0.4) is 0 Å². The highest BCUT2D eigenvalue weighted by molar-refractivity contribution is 6.34. The van der Waals surface area contributed by atoms with Crippen molar-refractivity contribution in [2.75, 3.05) is 24.6 Å². The number of rotatable bonds is 5. The average Bonchev–Trinajstić information content (AvgIpc) is 3.43. The van der Waals surface area contributed by atoms with Gasteiger partial charge in [0.05, 0.1) is 41.9 Å². The van der Waals surface area contributed by atoms with Crippen LogP contribution in [-0.4, -0.2) is 77.2 Å². The molecule has 2 aromatic rings. The van der Waals surface area contributed by atoms with Gasteiger partial charge in [0.2, 0.25) is 11.8 Å². The maximum atomic E-state index is 14.7. The van der Waals surface area contributed by atoms with Crippen LogP contribution >= 0.6 is 11.6 Å². The molecular formula is C35H38ClN3O7. The summed E-state index contributed by atoms with van der Waals surface area (Å²) < 4.78 is 12.9. The van der Waals surface area contributed by atoms with Gasteiger partial charge < -0.3 is 29.7 Å². The molecule has 3 amide bonds. The number of aliphatic hydroxyl groups excluding tert-OH is 1. The van der Waals surface area contributed by atoms with Crippen molar-refractivity contribution in [1.29, 1.82) is 0 Å². The Morgan fingerprint density at radius 2 is 1.76 bits per heavy atom. The quantitative estimate of drug-likeness (QED) is 0.375. The fourth-order valence-corrected chi connectivity index (χ4v) is 7.45. The number of esters is 1. The van der Waals surface area contributed by atoms with Gasteiger partial charge in [-0.25, -0.2) is 0 Å². The van der Waals surface area contributed by atoms with E-state index in [-0.39, 0.29) is 37.9 Å². The van der Waals surface area contributed by atoms with Gasteiger partial charge in [-0.1, -0.05) is 92.2 Å². The fraction of sp³-hybridized carbons (Fsp3) is 0.429. The molecule has 2 N–H and O–H groups in total. The van der Waals surface area contributed by atoms with Crippen molar-refractivity contribution in [3.05, 3.63) is 89.5 Å². The van der Waals surface area contributed by atoms with Crippen LogP contribution in [0.5, 0.6) is 0 Å². The van der Waals surface area contributed by atoms with Gasteiger partial charge in [0.15, 0.2) is 0 Å². The molecule has 2 fully saturated rings. The Hall–Kier alpha value is -3.99. The van der Waals surface area contributed by atoms with E-state index in [2.05, 4.69) is 5.32 Å². The third-order valence-corrected chi connectivity index (χ3v) is 9.76. The molecule has 46 heavy (non-hydrogen) atoms. The van der Waals surface area contributed by atoms with Gasteiger partial charge in [-0.05, 0) is 30.0 Å². The molecule has 0 aliphatic carbocycles. The Morgan fingerprint density at radius 3 is 2.48 bits per heavy atom. The minimum atomic E-state index is -1.54. The first-order valence-corrected chi connectivity index (χ1v) is 16.1. The van der Waals surface area contributed by atoms with Crippen molar-refractivity contribution < 1.29 is 33.8 Å². The second-order valence-corrected chi connectivity index (χ2v) is 12.9. The largest absolute Gasteiger partial charge is 0.455 e. The number of fused-ring (bicyclic) bond motifs is 2. The Labute approximate surface area is 273 Å². The standard InChI is InChI=1S/C35H38ClN3O7/c1-21(2)25(20-40)39-31-33(43)38(24-14-7-6-13-23(24)36)18-10-17-35(31)30(32(39)42)29-26(46-35)15-8-9-16-28(41)37-19-27(45-34(29)44)22-11-4-3-5-12-22/h3-8,10-15,17,21,25-27,29-31,40H,9,16,18-20H2,1-2H3,(H,37,41)/b15-8-/t25-,26+,27-,29-,30-,31+,35-/m0/s1. The van der Waals surface area contributed by atoms with E-state index in [1.807, 2.05) is 44.2 Å². The maximum Gasteiger partial charge on any atom is 0.313 e. The van der Waals surface area contributed by atoms with Gasteiger partial charge in [0, 0.05) is 13.0 Å². The third-order valence-electron chi connectivity index (χ3n) is 9.44. The molecule has 6 rings (SSSR count). The zero-order valence-electron chi connectivity index (χ0n) is 25.8. The van der Waals surface area contributed by atoms with Gasteiger partial charge in [-0.3, -0.25) is 19.2 Å². The summed E-state index contributed by atoms with van der Waals surface area (Å²) in [6, 6.07) is 14.1. The number of amides is 3. The number of para-hydroxylation sites is 1. The van der Waals surface area contributed by atoms with Gasteiger partial charge >= 0.3 is 5.97 Å². The van der Waals surface area contributed by atoms with E-state index in [0.29, 0.717) is 22.7 Å². The third kappa shape index (κ3) is 5.52. The molecular weight excluding hydrogens is 610 g/mol. The van der Waals surface area contributed by atoms with Crippen LogP contribution in [0, 0.1) is 17.8 Å². The van der Waals surface area contributed by atoms with E-state index >= 15 is 0 Å². The van der Waals surface area contributed by atoms with Gasteiger partial charge in [0.1, 0.15) is 23.7 Å². The Balaban J connectivity index is 1.47. The van der Waals surface area contributed by atoms with Crippen molar-refractivity contribution in [2.24, 2.45) is 17.8 Å². The lowest BCUT2D eigenvalue weighted by atomic mass is 9.77. The molecule has 242 valence electrons. The molecule has 7 atom stereocenters. The SMILES string of the molecule is CC(C)[C@H](CO)N1C(=O)[C@@H]2[C@H]3C(=O)O[C@H](c4ccccc4)CNC(=O)CC/C=C\[C@H]3O[C@@]23C=CCN(c2ccccc2Cl)C(=O)[C@@H]13. The molecule has 0 unspecified atom stereocenters. The molecule has 4 heterocycles. The molecule has 2 aromatic carbocycles. The first kappa shape index (κ1) is 32.0. The van der Waals surface area contributed by atoms with Crippen LogP contribution in [0.1, 0.15) is 38.4 Å². The van der Waals surface area contributed by atoms with E-state index in [1.54, 1.807) is 48.6 Å². The number of carbonyl (C=O) groups excluding carboxylic acids is 4. The molecule has 0 aromatic heterocycles. The van der Waals surface area contributed by atoms with Crippen LogP contribution in [0.4, 0.5) is 5.69 Å². The van der Waals surface area contributed by atoms with E-state index in [0.717, 1.165) is 0 Å². The number of allylic oxidation sites excluding steroid dienone is 1. The molecule has 1 spiro atoms. The number of nitrogens with one attached hydrogen (secondary N) is 1. The van der Waals surface area contributed by atoms with Crippen molar-refractivity contribution in [1.82, 2.24) is 10.2 Å². The number of ether oxygens (including phenoxy) is 2. The normalized spacial score (nSPS) is 31.2. The summed E-state index contributed by atoms with van der Waals surface area (Å²) in [7, 11) is 0. The lowest BCUT2D eigenvalue weighted by molar-refractivity contribution is -0.160. The summed E-state index contributed by atoms with van der Waals surface area (Å²) in [5.41, 5.74) is -0.378. The van der Waals surface area contributed by atoms with E-state index in [1.165, 1.54) is 9.80 Å². The molecule has 10 nitrogen and oxygen atoms in total. The van der Waals surface area contributed by atoms with Crippen molar-refractivity contribution in [3.63, 3.8) is 0 Å². The minimum Gasteiger partial charge on any atom is -0.455 e. The first-order valence-electron chi connectivity index (χ1n) is 15.7. The number of nitrogens with zero attached hydrogens (tertiary/aromatic N) is 2. The summed E-state index contributed by atoms with van der Waals surface area (Å²) in [5.74, 6) is -4.20. The predicted molar refractivity (Wildman–Crippen MR) is 171 cm³/mol. The number of anilines is 1. The second-order valence-electron chi connectivity index (χ2n) is 12.5. The van der Waals surface area contributed by atoms with E-state index < -0.39 is 59.5 Å². The summed E-state index contributed by atoms with van der Waals surface area (Å²) in [6.07, 6.45) is 5.83. The van der Waals surface area contributed by atoms with E-state index in [9.17, 15) is 24.3 Å². The van der Waals surface area contributed by atoms with Crippen molar-refractivity contribution >= 4 is 41.0 Å². The highest BCUT2D eigenvalue weighted by Gasteiger charge is 2.72. The number of benzene rings is 2. The summed E-state index contributed by atoms with van der Waals surface area (Å²) in [5, 5.41) is 13.8. The summed E-state index contributed by atoms with van der Waals surface area (Å²) in [4.78, 5) is 59.2. The topological polar surface area (TPSA) is 125 Å². The molecule has 0 saturated carbocycles. The smallest absolute Gasteiger partial charge is 0.313 e. The second kappa shape index (κ2) is 13.0. The van der Waals surface area contributed by atoms with Crippen LogP contribution in [0.25, 0.3) is 0 Å². The number of aliphatic hydroxyl groups is 1. The van der Waals surface area contributed by atoms with Crippen LogP contribution in [0.2, 0.25) is 5.02 Å². The van der Waals surface area contributed by atoms with Crippen molar-refractivity contribution in [3.8, 4) is 0 Å². The zero-order chi connectivity index (χ0) is 32.6. The van der Waals surface area contributed by atoms with Crippen molar-refractivity contribution in [2.45, 2.75) is 56.6 Å². The van der Waals surface area contributed by atoms with Gasteiger partial charge in [-0.15, -0.1) is 0 Å². The molecule has 4 aliphatic rings. The first-order chi connectivity index (χ1) is 22.2. The number of hydrogen-bond donors (Lipinski definition) is 2. The molecule has 0 radical (unpaired) electrons. The molecule has 4 aliphatic heterocycles. The highest BCUT2D eigenvalue weighted by Crippen LogP contribution is 2.54. The number of halogens is 1. The minimum absolute atomic E-state index is 0.0557. The lowest BCUT2D eigenvalue weighted by Crippen LogP contribution is -2.59. The molecule has 0 bridgehead atoms. The molecule has 2 saturated heterocycles. The van der Waals surface area contributed by atoms with Gasteiger partial charge in [0.25, 0.3) is 5.91 Å². The van der Waals surface area contributed by atoms with Crippen LogP contribution in [0.15, 0.2) is 78.9 Å². The van der Waals surface area contributed by atoms with Crippen LogP contribution < -0.4 is 10.2 Å². The summed E-state index contributed by atoms with van der Waals surface area (Å²) >= 11 is 6.55. The Bertz CT molecular complexity index is 1560. The predicted octanol–water partition coefficient (Wildman–Crippen LogP) is 3.59. The average molecular weight is 648 g/mol.